The molecule has 1 amide bonds. The van der Waals surface area contributed by atoms with Crippen LogP contribution < -0.4 is 11.2 Å². The van der Waals surface area contributed by atoms with Crippen molar-refractivity contribution in [1.82, 2.24) is 10.4 Å². The number of nitrogens with one attached hydrogen (secondary N) is 1. The van der Waals surface area contributed by atoms with Crippen molar-refractivity contribution >= 4 is 28.6 Å². The van der Waals surface area contributed by atoms with E-state index < -0.39 is 0 Å². The number of nitrogens with zero attached hydrogens (tertiary/aromatic N) is 2. The molecule has 98 valence electrons. The molecule has 0 bridgehead atoms. The molecule has 2 rings (SSSR count). The lowest BCUT2D eigenvalue weighted by atomic mass is 10.1. The van der Waals surface area contributed by atoms with E-state index in [2.05, 4.69) is 15.5 Å². The molecule has 0 saturated carbocycles. The van der Waals surface area contributed by atoms with E-state index in [4.69, 9.17) is 5.73 Å². The van der Waals surface area contributed by atoms with Gasteiger partial charge in [0.25, 0.3) is 5.91 Å². The molecule has 0 atom stereocenters. The van der Waals surface area contributed by atoms with Crippen LogP contribution in [-0.4, -0.2) is 17.1 Å². The van der Waals surface area contributed by atoms with Crippen molar-refractivity contribution < 1.29 is 4.79 Å². The van der Waals surface area contributed by atoms with Crippen LogP contribution in [0.1, 0.15) is 26.5 Å². The summed E-state index contributed by atoms with van der Waals surface area (Å²) in [6, 6.07) is 7.79. The third-order valence-corrected chi connectivity index (χ3v) is 3.56. The van der Waals surface area contributed by atoms with Crippen LogP contribution in [0.2, 0.25) is 0 Å². The number of hydrazone groups is 1. The summed E-state index contributed by atoms with van der Waals surface area (Å²) in [6.45, 7) is 3.73. The smallest absolute Gasteiger partial charge is 0.283 e. The number of carbonyl (C=O) groups excluding carboxylic acids is 1. The zero-order chi connectivity index (χ0) is 13.8. The predicted octanol–water partition coefficient (Wildman–Crippen LogP) is 2.11. The Hall–Kier alpha value is -2.21. The van der Waals surface area contributed by atoms with Crippen LogP contribution in [0.25, 0.3) is 0 Å². The minimum absolute atomic E-state index is 0.295. The Morgan fingerprint density at radius 2 is 2.16 bits per heavy atom. The highest BCUT2D eigenvalue weighted by Crippen LogP contribution is 2.19. The van der Waals surface area contributed by atoms with Gasteiger partial charge in [0, 0.05) is 0 Å². The molecule has 5 nitrogen and oxygen atoms in total. The summed E-state index contributed by atoms with van der Waals surface area (Å²) < 4.78 is 0. The number of aryl methyl sites for hydroxylation is 2. The molecule has 0 aliphatic carbocycles. The third kappa shape index (κ3) is 3.17. The first kappa shape index (κ1) is 13.2. The summed E-state index contributed by atoms with van der Waals surface area (Å²) in [6.07, 6.45) is 1.62. The van der Waals surface area contributed by atoms with E-state index in [0.717, 1.165) is 22.5 Å². The van der Waals surface area contributed by atoms with Crippen LogP contribution in [0.3, 0.4) is 0 Å². The van der Waals surface area contributed by atoms with E-state index in [1.54, 1.807) is 13.1 Å². The highest BCUT2D eigenvalue weighted by atomic mass is 32.1. The monoisotopic (exact) mass is 274 g/mol. The molecule has 0 spiro atoms. The molecule has 0 saturated heterocycles. The summed E-state index contributed by atoms with van der Waals surface area (Å²) in [4.78, 5) is 16.3. The maximum Gasteiger partial charge on any atom is 0.283 e. The first-order valence-electron chi connectivity index (χ1n) is 5.70. The topological polar surface area (TPSA) is 80.4 Å². The number of aromatic nitrogens is 1. The van der Waals surface area contributed by atoms with Crippen molar-refractivity contribution in [2.75, 3.05) is 5.73 Å². The number of nitrogen functional groups attached to an aromatic ring is 1. The average Bonchev–Trinajstić information content (AvgIpc) is 2.71. The van der Waals surface area contributed by atoms with Crippen LogP contribution in [0.15, 0.2) is 29.4 Å². The highest BCUT2D eigenvalue weighted by molar-refractivity contribution is 7.17. The maximum absolute atomic E-state index is 11.8. The van der Waals surface area contributed by atoms with Crippen LogP contribution in [-0.2, 0) is 0 Å². The normalized spacial score (nSPS) is 10.8. The minimum atomic E-state index is -0.295. The standard InChI is InChI=1S/C13H14N4OS/c1-8-5-3-4-6-10(8)7-15-17-12(18)11-9(2)16-13(14)19-11/h3-7H,1-2H3,(H2,14,16)(H,17,18)/b15-7+. The number of hydrogen-bond acceptors (Lipinski definition) is 5. The summed E-state index contributed by atoms with van der Waals surface area (Å²) in [5, 5.41) is 4.32. The molecule has 6 heteroatoms. The molecular formula is C13H14N4OS. The van der Waals surface area contributed by atoms with E-state index in [-0.39, 0.29) is 5.91 Å². The number of benzene rings is 1. The fourth-order valence-corrected chi connectivity index (χ4v) is 2.29. The Balaban J connectivity index is 2.05. The van der Waals surface area contributed by atoms with E-state index in [1.165, 1.54) is 0 Å². The van der Waals surface area contributed by atoms with Gasteiger partial charge in [0.05, 0.1) is 11.9 Å². The summed E-state index contributed by atoms with van der Waals surface area (Å²) in [5.41, 5.74) is 10.7. The largest absolute Gasteiger partial charge is 0.375 e. The van der Waals surface area contributed by atoms with Gasteiger partial charge in [-0.2, -0.15) is 5.10 Å². The molecule has 2 aromatic rings. The van der Waals surface area contributed by atoms with E-state index in [9.17, 15) is 4.79 Å². The summed E-state index contributed by atoms with van der Waals surface area (Å²) in [7, 11) is 0. The molecular weight excluding hydrogens is 260 g/mol. The second kappa shape index (κ2) is 5.62. The number of nitrogens with two attached hydrogens (primary N) is 1. The average molecular weight is 274 g/mol. The fraction of sp³-hybridized carbons (Fsp3) is 0.154. The van der Waals surface area contributed by atoms with Gasteiger partial charge in [-0.15, -0.1) is 0 Å². The van der Waals surface area contributed by atoms with Crippen LogP contribution >= 0.6 is 11.3 Å². The first-order chi connectivity index (χ1) is 9.08. The van der Waals surface area contributed by atoms with Gasteiger partial charge in [0.15, 0.2) is 5.13 Å². The Labute approximate surface area is 115 Å². The van der Waals surface area contributed by atoms with Crippen LogP contribution in [0, 0.1) is 13.8 Å². The highest BCUT2D eigenvalue weighted by Gasteiger charge is 2.13. The van der Waals surface area contributed by atoms with Crippen LogP contribution in [0.4, 0.5) is 5.13 Å². The molecule has 0 radical (unpaired) electrons. The minimum Gasteiger partial charge on any atom is -0.375 e. The number of anilines is 1. The second-order valence-corrected chi connectivity index (χ2v) is 5.05. The van der Waals surface area contributed by atoms with Crippen LogP contribution in [0.5, 0.6) is 0 Å². The number of carbonyl (C=O) groups is 1. The summed E-state index contributed by atoms with van der Waals surface area (Å²) >= 11 is 1.15. The van der Waals surface area contributed by atoms with E-state index in [1.807, 2.05) is 31.2 Å². The Kier molecular flexibility index (Phi) is 3.91. The number of thiazole rings is 1. The maximum atomic E-state index is 11.8. The van der Waals surface area contributed by atoms with Crippen molar-refractivity contribution in [2.24, 2.45) is 5.10 Å². The van der Waals surface area contributed by atoms with Crippen molar-refractivity contribution in [3.05, 3.63) is 46.0 Å². The lowest BCUT2D eigenvalue weighted by Gasteiger charge is -1.99. The van der Waals surface area contributed by atoms with Crippen molar-refractivity contribution in [1.29, 1.82) is 0 Å². The molecule has 1 aromatic carbocycles. The lowest BCUT2D eigenvalue weighted by Crippen LogP contribution is -2.17. The van der Waals surface area contributed by atoms with Gasteiger partial charge in [-0.3, -0.25) is 4.79 Å². The van der Waals surface area contributed by atoms with Gasteiger partial charge in [0.1, 0.15) is 4.88 Å². The van der Waals surface area contributed by atoms with Gasteiger partial charge >= 0.3 is 0 Å². The quantitative estimate of drug-likeness (QED) is 0.664. The van der Waals surface area contributed by atoms with E-state index >= 15 is 0 Å². The Morgan fingerprint density at radius 1 is 1.42 bits per heavy atom. The van der Waals surface area contributed by atoms with Gasteiger partial charge < -0.3 is 5.73 Å². The number of hydrogen-bond donors (Lipinski definition) is 2. The molecule has 1 heterocycles. The van der Waals surface area contributed by atoms with Crippen molar-refractivity contribution in [3.8, 4) is 0 Å². The summed E-state index contributed by atoms with van der Waals surface area (Å²) in [5.74, 6) is -0.295. The molecule has 1 aromatic heterocycles. The molecule has 0 aliphatic heterocycles. The molecule has 0 aliphatic rings. The molecule has 3 N–H and O–H groups in total. The molecule has 0 fully saturated rings. The van der Waals surface area contributed by atoms with Gasteiger partial charge in [-0.1, -0.05) is 35.6 Å². The fourth-order valence-electron chi connectivity index (χ4n) is 1.57. The zero-order valence-electron chi connectivity index (χ0n) is 10.7. The molecule has 0 unspecified atom stereocenters. The zero-order valence-corrected chi connectivity index (χ0v) is 11.5. The lowest BCUT2D eigenvalue weighted by molar-refractivity contribution is 0.0958. The first-order valence-corrected chi connectivity index (χ1v) is 6.51. The number of rotatable bonds is 3. The van der Waals surface area contributed by atoms with Gasteiger partial charge in [0.2, 0.25) is 0 Å². The van der Waals surface area contributed by atoms with E-state index in [0.29, 0.717) is 15.7 Å². The van der Waals surface area contributed by atoms with Gasteiger partial charge in [-0.05, 0) is 25.0 Å². The van der Waals surface area contributed by atoms with Crippen molar-refractivity contribution in [3.63, 3.8) is 0 Å². The predicted molar refractivity (Wildman–Crippen MR) is 77.5 cm³/mol. The van der Waals surface area contributed by atoms with Crippen molar-refractivity contribution in [2.45, 2.75) is 13.8 Å². The SMILES string of the molecule is Cc1ccccc1/C=N/NC(=O)c1sc(N)nc1C. The Bertz CT molecular complexity index is 633. The second-order valence-electron chi connectivity index (χ2n) is 4.02. The van der Waals surface area contributed by atoms with Gasteiger partial charge in [-0.25, -0.2) is 10.4 Å². The Morgan fingerprint density at radius 3 is 2.79 bits per heavy atom. The third-order valence-electron chi connectivity index (χ3n) is 2.58. The number of amides is 1. The molecule has 19 heavy (non-hydrogen) atoms.